The molecule has 0 radical (unpaired) electrons. The molecule has 122 valence electrons. The molecule has 1 aliphatic rings. The molecule has 1 heterocycles. The smallest absolute Gasteiger partial charge is 0.249 e. The minimum atomic E-state index is -0.715. The first-order chi connectivity index (χ1) is 9.81. The highest BCUT2D eigenvalue weighted by Gasteiger charge is 2.54. The van der Waals surface area contributed by atoms with Crippen LogP contribution in [0.4, 0.5) is 0 Å². The van der Waals surface area contributed by atoms with Gasteiger partial charge in [0.2, 0.25) is 11.8 Å². The van der Waals surface area contributed by atoms with E-state index in [2.05, 4.69) is 19.2 Å². The van der Waals surface area contributed by atoms with Gasteiger partial charge in [-0.1, -0.05) is 41.0 Å². The largest absolute Gasteiger partial charge is 0.340 e. The lowest BCUT2D eigenvalue weighted by molar-refractivity contribution is -0.164. The number of hydrogen-bond acceptors (Lipinski definition) is 2. The fourth-order valence-corrected chi connectivity index (χ4v) is 3.27. The second-order valence-electron chi connectivity index (χ2n) is 6.68. The van der Waals surface area contributed by atoms with Gasteiger partial charge in [-0.15, -0.1) is 0 Å². The van der Waals surface area contributed by atoms with Crippen LogP contribution in [-0.4, -0.2) is 34.3 Å². The number of rotatable bonds is 7. The van der Waals surface area contributed by atoms with E-state index in [0.717, 1.165) is 12.8 Å². The molecule has 4 heteroatoms. The van der Waals surface area contributed by atoms with Crippen LogP contribution >= 0.6 is 0 Å². The zero-order valence-electron chi connectivity index (χ0n) is 14.6. The Hall–Kier alpha value is -1.06. The number of piperazine rings is 1. The first-order valence-corrected chi connectivity index (χ1v) is 8.45. The standard InChI is InChI=1S/C17H32N2O2/c1-7-11-13(5)12-19-15(21)17(9-3,10-4)18-14(20)16(19,6)8-2/h13H,7-12H2,1-6H3,(H,18,20). The molecule has 2 unspecified atom stereocenters. The SMILES string of the molecule is CCCC(C)CN1C(=O)C(CC)(CC)NC(=O)C1(C)CC. The molecule has 1 saturated heterocycles. The monoisotopic (exact) mass is 296 g/mol. The third-order valence-electron chi connectivity index (χ3n) is 5.26. The highest BCUT2D eigenvalue weighted by Crippen LogP contribution is 2.33. The Bertz CT molecular complexity index is 390. The molecule has 1 rings (SSSR count). The molecule has 0 aliphatic carbocycles. The van der Waals surface area contributed by atoms with Crippen molar-refractivity contribution in [3.8, 4) is 0 Å². The van der Waals surface area contributed by atoms with Gasteiger partial charge in [0.15, 0.2) is 0 Å². The van der Waals surface area contributed by atoms with E-state index in [4.69, 9.17) is 0 Å². The maximum atomic E-state index is 13.1. The second kappa shape index (κ2) is 6.80. The predicted octanol–water partition coefficient (Wildman–Crippen LogP) is 3.11. The van der Waals surface area contributed by atoms with Gasteiger partial charge in [0.1, 0.15) is 11.1 Å². The summed E-state index contributed by atoms with van der Waals surface area (Å²) in [5, 5.41) is 3.03. The number of carbonyl (C=O) groups excluding carboxylic acids is 2. The Morgan fingerprint density at radius 1 is 1.10 bits per heavy atom. The van der Waals surface area contributed by atoms with Crippen molar-refractivity contribution in [2.45, 2.75) is 84.7 Å². The molecule has 0 spiro atoms. The quantitative estimate of drug-likeness (QED) is 0.785. The Balaban J connectivity index is 3.16. The van der Waals surface area contributed by atoms with Crippen LogP contribution in [0.1, 0.15) is 73.6 Å². The fourth-order valence-electron chi connectivity index (χ4n) is 3.27. The van der Waals surface area contributed by atoms with Crippen LogP contribution in [0.15, 0.2) is 0 Å². The Kier molecular flexibility index (Phi) is 5.83. The van der Waals surface area contributed by atoms with Crippen molar-refractivity contribution in [3.05, 3.63) is 0 Å². The molecule has 0 aromatic carbocycles. The highest BCUT2D eigenvalue weighted by atomic mass is 16.2. The first-order valence-electron chi connectivity index (χ1n) is 8.45. The third kappa shape index (κ3) is 3.09. The third-order valence-corrected chi connectivity index (χ3v) is 5.26. The van der Waals surface area contributed by atoms with E-state index in [0.29, 0.717) is 31.7 Å². The predicted molar refractivity (Wildman–Crippen MR) is 85.9 cm³/mol. The number of carbonyl (C=O) groups is 2. The van der Waals surface area contributed by atoms with Gasteiger partial charge in [-0.25, -0.2) is 0 Å². The number of amides is 2. The molecule has 4 nitrogen and oxygen atoms in total. The Morgan fingerprint density at radius 3 is 2.10 bits per heavy atom. The van der Waals surface area contributed by atoms with Crippen LogP contribution in [0, 0.1) is 5.92 Å². The van der Waals surface area contributed by atoms with Crippen molar-refractivity contribution in [2.75, 3.05) is 6.54 Å². The maximum Gasteiger partial charge on any atom is 0.249 e. The molecule has 1 fully saturated rings. The summed E-state index contributed by atoms with van der Waals surface area (Å²) in [6.07, 6.45) is 4.12. The van der Waals surface area contributed by atoms with Crippen molar-refractivity contribution in [1.82, 2.24) is 10.2 Å². The van der Waals surface area contributed by atoms with Gasteiger partial charge in [0.25, 0.3) is 0 Å². The van der Waals surface area contributed by atoms with Crippen molar-refractivity contribution in [1.29, 1.82) is 0 Å². The maximum absolute atomic E-state index is 13.1. The summed E-state index contributed by atoms with van der Waals surface area (Å²) >= 11 is 0. The average Bonchev–Trinajstić information content (AvgIpc) is 2.48. The van der Waals surface area contributed by atoms with E-state index in [-0.39, 0.29) is 11.8 Å². The van der Waals surface area contributed by atoms with E-state index < -0.39 is 11.1 Å². The lowest BCUT2D eigenvalue weighted by Gasteiger charge is -2.51. The zero-order chi connectivity index (χ0) is 16.3. The number of nitrogens with one attached hydrogen (secondary N) is 1. The molecule has 0 aromatic heterocycles. The highest BCUT2D eigenvalue weighted by molar-refractivity contribution is 6.02. The van der Waals surface area contributed by atoms with Crippen molar-refractivity contribution < 1.29 is 9.59 Å². The molecule has 2 atom stereocenters. The molecule has 1 N–H and O–H groups in total. The van der Waals surface area contributed by atoms with E-state index >= 15 is 0 Å². The van der Waals surface area contributed by atoms with Gasteiger partial charge in [0.05, 0.1) is 0 Å². The minimum Gasteiger partial charge on any atom is -0.340 e. The van der Waals surface area contributed by atoms with Crippen LogP contribution < -0.4 is 5.32 Å². The van der Waals surface area contributed by atoms with Gasteiger partial charge in [-0.2, -0.15) is 0 Å². The van der Waals surface area contributed by atoms with Crippen LogP contribution in [0.3, 0.4) is 0 Å². The topological polar surface area (TPSA) is 49.4 Å². The molecule has 21 heavy (non-hydrogen) atoms. The van der Waals surface area contributed by atoms with Gasteiger partial charge >= 0.3 is 0 Å². The molecule has 0 bridgehead atoms. The minimum absolute atomic E-state index is 0.00278. The van der Waals surface area contributed by atoms with Crippen LogP contribution in [-0.2, 0) is 9.59 Å². The zero-order valence-corrected chi connectivity index (χ0v) is 14.6. The molecule has 2 amide bonds. The lowest BCUT2D eigenvalue weighted by atomic mass is 9.81. The molecule has 1 aliphatic heterocycles. The summed E-state index contributed by atoms with van der Waals surface area (Å²) in [4.78, 5) is 27.6. The summed E-state index contributed by atoms with van der Waals surface area (Å²) in [7, 11) is 0. The van der Waals surface area contributed by atoms with Crippen LogP contribution in [0.25, 0.3) is 0 Å². The van der Waals surface area contributed by atoms with Crippen LogP contribution in [0.5, 0.6) is 0 Å². The van der Waals surface area contributed by atoms with E-state index in [1.54, 1.807) is 0 Å². The average molecular weight is 296 g/mol. The Morgan fingerprint density at radius 2 is 1.67 bits per heavy atom. The molecular formula is C17H32N2O2. The molecular weight excluding hydrogens is 264 g/mol. The molecule has 0 aromatic rings. The summed E-state index contributed by atoms with van der Waals surface area (Å²) in [6.45, 7) is 12.8. The van der Waals surface area contributed by atoms with E-state index in [1.165, 1.54) is 0 Å². The summed E-state index contributed by atoms with van der Waals surface area (Å²) in [6, 6.07) is 0. The van der Waals surface area contributed by atoms with Crippen molar-refractivity contribution in [2.24, 2.45) is 5.92 Å². The number of nitrogens with zero attached hydrogens (tertiary/aromatic N) is 1. The summed E-state index contributed by atoms with van der Waals surface area (Å²) < 4.78 is 0. The fraction of sp³-hybridized carbons (Fsp3) is 0.882. The summed E-state index contributed by atoms with van der Waals surface area (Å²) in [5.74, 6) is 0.513. The van der Waals surface area contributed by atoms with Gasteiger partial charge < -0.3 is 10.2 Å². The molecule has 0 saturated carbocycles. The van der Waals surface area contributed by atoms with E-state index in [9.17, 15) is 9.59 Å². The van der Waals surface area contributed by atoms with Crippen LogP contribution in [0.2, 0.25) is 0 Å². The normalized spacial score (nSPS) is 26.7. The van der Waals surface area contributed by atoms with Crippen molar-refractivity contribution >= 4 is 11.8 Å². The second-order valence-corrected chi connectivity index (χ2v) is 6.68. The Labute approximate surface area is 129 Å². The first kappa shape index (κ1) is 18.0. The van der Waals surface area contributed by atoms with E-state index in [1.807, 2.05) is 32.6 Å². The van der Waals surface area contributed by atoms with Gasteiger partial charge in [0, 0.05) is 6.54 Å². The lowest BCUT2D eigenvalue weighted by Crippen LogP contribution is -2.75. The van der Waals surface area contributed by atoms with Crippen molar-refractivity contribution in [3.63, 3.8) is 0 Å². The number of hydrogen-bond donors (Lipinski definition) is 1. The summed E-state index contributed by atoms with van der Waals surface area (Å²) in [5.41, 5.74) is -1.43. The van der Waals surface area contributed by atoms with Gasteiger partial charge in [-0.3, -0.25) is 9.59 Å². The van der Waals surface area contributed by atoms with Gasteiger partial charge in [-0.05, 0) is 38.5 Å².